The summed E-state index contributed by atoms with van der Waals surface area (Å²) in [7, 11) is 1.31. The van der Waals surface area contributed by atoms with Crippen molar-refractivity contribution in [3.05, 3.63) is 33.3 Å². The van der Waals surface area contributed by atoms with Crippen LogP contribution in [0.15, 0.2) is 28.0 Å². The van der Waals surface area contributed by atoms with E-state index in [2.05, 4.69) is 40.8 Å². The summed E-state index contributed by atoms with van der Waals surface area (Å²) in [5.41, 5.74) is 1.40. The standard InChI is InChI=1S/C19H22N4O3S3/c1-5-23-16(12-8-14(11(2)3)28-9-12)21-22-19(23)29-10-15(24)20-17-13(6-7-27-17)18(25)26-4/h6-9,11H,5,10H2,1-4H3,(H,20,24). The number of esters is 1. The molecule has 0 aromatic carbocycles. The van der Waals surface area contributed by atoms with Gasteiger partial charge in [-0.2, -0.15) is 0 Å². The molecule has 154 valence electrons. The summed E-state index contributed by atoms with van der Waals surface area (Å²) < 4.78 is 6.74. The smallest absolute Gasteiger partial charge is 0.340 e. The first-order valence-corrected chi connectivity index (χ1v) is 11.8. The Morgan fingerprint density at radius 3 is 2.76 bits per heavy atom. The first-order chi connectivity index (χ1) is 13.9. The lowest BCUT2D eigenvalue weighted by Crippen LogP contribution is -2.16. The van der Waals surface area contributed by atoms with E-state index < -0.39 is 5.97 Å². The summed E-state index contributed by atoms with van der Waals surface area (Å²) in [4.78, 5) is 25.4. The second kappa shape index (κ2) is 9.55. The Labute approximate surface area is 181 Å². The van der Waals surface area contributed by atoms with Crippen LogP contribution in [-0.2, 0) is 16.1 Å². The lowest BCUT2D eigenvalue weighted by molar-refractivity contribution is -0.113. The molecule has 1 N–H and O–H groups in total. The van der Waals surface area contributed by atoms with Gasteiger partial charge in [0.15, 0.2) is 11.0 Å². The number of carbonyl (C=O) groups is 2. The normalized spacial score (nSPS) is 11.1. The molecule has 0 bridgehead atoms. The topological polar surface area (TPSA) is 86.1 Å². The van der Waals surface area contributed by atoms with Crippen molar-refractivity contribution in [3.8, 4) is 11.4 Å². The summed E-state index contributed by atoms with van der Waals surface area (Å²) in [5, 5.41) is 16.4. The van der Waals surface area contributed by atoms with Crippen molar-refractivity contribution in [2.75, 3.05) is 18.2 Å². The molecule has 29 heavy (non-hydrogen) atoms. The van der Waals surface area contributed by atoms with E-state index in [1.807, 2.05) is 11.5 Å². The highest BCUT2D eigenvalue weighted by atomic mass is 32.2. The Morgan fingerprint density at radius 1 is 1.31 bits per heavy atom. The van der Waals surface area contributed by atoms with E-state index in [0.29, 0.717) is 28.2 Å². The number of ether oxygens (including phenoxy) is 1. The van der Waals surface area contributed by atoms with Crippen molar-refractivity contribution in [1.29, 1.82) is 0 Å². The van der Waals surface area contributed by atoms with Crippen molar-refractivity contribution >= 4 is 51.3 Å². The Morgan fingerprint density at radius 2 is 2.10 bits per heavy atom. The molecule has 7 nitrogen and oxygen atoms in total. The monoisotopic (exact) mass is 450 g/mol. The van der Waals surface area contributed by atoms with Gasteiger partial charge in [0.25, 0.3) is 0 Å². The number of nitrogens with zero attached hydrogens (tertiary/aromatic N) is 3. The number of thioether (sulfide) groups is 1. The molecule has 0 aliphatic heterocycles. The molecule has 0 spiro atoms. The van der Waals surface area contributed by atoms with Gasteiger partial charge in [0.1, 0.15) is 5.00 Å². The van der Waals surface area contributed by atoms with E-state index in [4.69, 9.17) is 4.74 Å². The molecule has 3 heterocycles. The van der Waals surface area contributed by atoms with Crippen LogP contribution in [0.5, 0.6) is 0 Å². The molecule has 1 amide bonds. The summed E-state index contributed by atoms with van der Waals surface area (Å²) in [6, 6.07) is 3.78. The number of amides is 1. The molecule has 0 radical (unpaired) electrons. The number of methoxy groups -OCH3 is 1. The molecule has 3 aromatic rings. The van der Waals surface area contributed by atoms with E-state index in [0.717, 1.165) is 11.4 Å². The second-order valence-corrected chi connectivity index (χ2v) is 9.24. The minimum absolute atomic E-state index is 0.164. The fraction of sp³-hybridized carbons (Fsp3) is 0.368. The van der Waals surface area contributed by atoms with Gasteiger partial charge in [-0.1, -0.05) is 25.6 Å². The molecule has 0 aliphatic carbocycles. The fourth-order valence-corrected chi connectivity index (χ4v) is 5.13. The van der Waals surface area contributed by atoms with E-state index >= 15 is 0 Å². The van der Waals surface area contributed by atoms with Crippen LogP contribution in [0.25, 0.3) is 11.4 Å². The summed E-state index contributed by atoms with van der Waals surface area (Å²) in [6.07, 6.45) is 0. The Kier molecular flexibility index (Phi) is 7.09. The minimum atomic E-state index is -0.471. The number of thiophene rings is 2. The number of hydrogen-bond donors (Lipinski definition) is 1. The molecular formula is C19H22N4O3S3. The third-order valence-electron chi connectivity index (χ3n) is 4.14. The molecular weight excluding hydrogens is 428 g/mol. The molecule has 10 heteroatoms. The molecule has 0 unspecified atom stereocenters. The summed E-state index contributed by atoms with van der Waals surface area (Å²) in [6.45, 7) is 7.07. The van der Waals surface area contributed by atoms with Gasteiger partial charge < -0.3 is 14.6 Å². The largest absolute Gasteiger partial charge is 0.465 e. The van der Waals surface area contributed by atoms with E-state index in [1.165, 1.54) is 35.1 Å². The number of aromatic nitrogens is 3. The predicted octanol–water partition coefficient (Wildman–Crippen LogP) is 4.73. The maximum atomic E-state index is 12.4. The minimum Gasteiger partial charge on any atom is -0.465 e. The van der Waals surface area contributed by atoms with Gasteiger partial charge in [-0.05, 0) is 30.4 Å². The van der Waals surface area contributed by atoms with Gasteiger partial charge in [0, 0.05) is 22.4 Å². The average molecular weight is 451 g/mol. The van der Waals surface area contributed by atoms with Crippen LogP contribution in [0.1, 0.15) is 41.9 Å². The van der Waals surface area contributed by atoms with Gasteiger partial charge in [-0.25, -0.2) is 4.79 Å². The SMILES string of the molecule is CCn1c(SCC(=O)Nc2sccc2C(=O)OC)nnc1-c1csc(C(C)C)c1. The zero-order valence-electron chi connectivity index (χ0n) is 16.6. The maximum absolute atomic E-state index is 12.4. The number of carbonyl (C=O) groups excluding carboxylic acids is 2. The van der Waals surface area contributed by atoms with Crippen molar-refractivity contribution in [2.45, 2.75) is 38.4 Å². The maximum Gasteiger partial charge on any atom is 0.340 e. The van der Waals surface area contributed by atoms with Crippen LogP contribution in [0, 0.1) is 0 Å². The van der Waals surface area contributed by atoms with Crippen LogP contribution in [0.4, 0.5) is 5.00 Å². The molecule has 0 aliphatic rings. The third kappa shape index (κ3) is 4.88. The number of rotatable bonds is 8. The van der Waals surface area contributed by atoms with Gasteiger partial charge in [-0.15, -0.1) is 32.9 Å². The second-order valence-electron chi connectivity index (χ2n) is 6.43. The lowest BCUT2D eigenvalue weighted by Gasteiger charge is -2.07. The molecule has 3 rings (SSSR count). The van der Waals surface area contributed by atoms with Crippen molar-refractivity contribution < 1.29 is 14.3 Å². The van der Waals surface area contributed by atoms with E-state index in [9.17, 15) is 9.59 Å². The Bertz CT molecular complexity index is 1010. The predicted molar refractivity (Wildman–Crippen MR) is 118 cm³/mol. The van der Waals surface area contributed by atoms with E-state index in [1.54, 1.807) is 22.8 Å². The van der Waals surface area contributed by atoms with Crippen LogP contribution in [0.3, 0.4) is 0 Å². The first kappa shape index (κ1) is 21.5. The highest BCUT2D eigenvalue weighted by Crippen LogP contribution is 2.31. The third-order valence-corrected chi connectivity index (χ3v) is 7.17. The number of anilines is 1. The Balaban J connectivity index is 1.68. The number of nitrogens with one attached hydrogen (secondary N) is 1. The van der Waals surface area contributed by atoms with Gasteiger partial charge in [0.05, 0.1) is 18.4 Å². The zero-order valence-corrected chi connectivity index (χ0v) is 19.0. The van der Waals surface area contributed by atoms with Crippen LogP contribution < -0.4 is 5.32 Å². The molecule has 0 fully saturated rings. The van der Waals surface area contributed by atoms with Crippen LogP contribution in [-0.4, -0.2) is 39.5 Å². The summed E-state index contributed by atoms with van der Waals surface area (Å²) >= 11 is 4.32. The lowest BCUT2D eigenvalue weighted by atomic mass is 10.1. The summed E-state index contributed by atoms with van der Waals surface area (Å²) in [5.74, 6) is 0.757. The van der Waals surface area contributed by atoms with E-state index in [-0.39, 0.29) is 11.7 Å². The number of hydrogen-bond acceptors (Lipinski definition) is 8. The van der Waals surface area contributed by atoms with Gasteiger partial charge >= 0.3 is 5.97 Å². The molecule has 3 aromatic heterocycles. The average Bonchev–Trinajstić information content (AvgIpc) is 3.44. The quantitative estimate of drug-likeness (QED) is 0.394. The molecule has 0 saturated carbocycles. The molecule has 0 saturated heterocycles. The van der Waals surface area contributed by atoms with Gasteiger partial charge in [0.2, 0.25) is 5.91 Å². The van der Waals surface area contributed by atoms with Crippen molar-refractivity contribution in [3.63, 3.8) is 0 Å². The van der Waals surface area contributed by atoms with Crippen molar-refractivity contribution in [1.82, 2.24) is 14.8 Å². The van der Waals surface area contributed by atoms with Gasteiger partial charge in [-0.3, -0.25) is 4.79 Å². The Hall–Kier alpha value is -2.17. The highest BCUT2D eigenvalue weighted by molar-refractivity contribution is 7.99. The van der Waals surface area contributed by atoms with Crippen LogP contribution in [0.2, 0.25) is 0 Å². The fourth-order valence-electron chi connectivity index (χ4n) is 2.64. The first-order valence-electron chi connectivity index (χ1n) is 9.05. The molecule has 0 atom stereocenters. The highest BCUT2D eigenvalue weighted by Gasteiger charge is 2.18. The van der Waals surface area contributed by atoms with Crippen LogP contribution >= 0.6 is 34.4 Å². The zero-order chi connectivity index (χ0) is 21.0. The van der Waals surface area contributed by atoms with Crippen molar-refractivity contribution in [2.24, 2.45) is 0 Å².